The summed E-state index contributed by atoms with van der Waals surface area (Å²) in [6.07, 6.45) is 0. The van der Waals surface area contributed by atoms with Crippen LogP contribution in [-0.4, -0.2) is 5.16 Å². The van der Waals surface area contributed by atoms with E-state index in [4.69, 9.17) is 10.3 Å². The van der Waals surface area contributed by atoms with Crippen LogP contribution in [-0.2, 0) is 0 Å². The monoisotopic (exact) mass is 414 g/mol. The summed E-state index contributed by atoms with van der Waals surface area (Å²) in [5.41, 5.74) is 6.68. The molecule has 0 aliphatic carbocycles. The van der Waals surface area contributed by atoms with E-state index in [1.165, 1.54) is 5.39 Å². The number of hydrogen-bond acceptors (Lipinski definition) is 3. The van der Waals surface area contributed by atoms with Crippen molar-refractivity contribution in [1.82, 2.24) is 5.16 Å². The molecule has 2 aromatic carbocycles. The van der Waals surface area contributed by atoms with Crippen LogP contribution in [0.4, 0.5) is 5.82 Å². The van der Waals surface area contributed by atoms with E-state index in [9.17, 15) is 0 Å². The molecule has 3 nitrogen and oxygen atoms in total. The van der Waals surface area contributed by atoms with E-state index >= 15 is 0 Å². The Labute approximate surface area is 126 Å². The summed E-state index contributed by atoms with van der Waals surface area (Å²) in [7, 11) is 0. The van der Waals surface area contributed by atoms with Gasteiger partial charge < -0.3 is 10.3 Å². The number of nitrogen functional groups attached to an aromatic ring is 1. The van der Waals surface area contributed by atoms with Crippen molar-refractivity contribution < 1.29 is 4.52 Å². The van der Waals surface area contributed by atoms with Gasteiger partial charge in [-0.3, -0.25) is 0 Å². The van der Waals surface area contributed by atoms with Crippen molar-refractivity contribution in [2.45, 2.75) is 0 Å². The van der Waals surface area contributed by atoms with E-state index in [2.05, 4.69) is 67.9 Å². The minimum absolute atomic E-state index is 0.432. The van der Waals surface area contributed by atoms with E-state index in [1.54, 1.807) is 0 Å². The maximum absolute atomic E-state index is 5.69. The molecule has 0 atom stereocenters. The smallest absolute Gasteiger partial charge is 0.182 e. The molecule has 1 aromatic heterocycles. The van der Waals surface area contributed by atoms with Crippen molar-refractivity contribution in [3.8, 4) is 11.3 Å². The largest absolute Gasteiger partial charge is 0.380 e. The highest BCUT2D eigenvalue weighted by Gasteiger charge is 2.13. The van der Waals surface area contributed by atoms with Gasteiger partial charge in [0.1, 0.15) is 3.57 Å². The van der Waals surface area contributed by atoms with Gasteiger partial charge >= 0.3 is 0 Å². The number of rotatable bonds is 1. The first kappa shape index (κ1) is 12.0. The van der Waals surface area contributed by atoms with Crippen molar-refractivity contribution in [2.24, 2.45) is 0 Å². The normalized spacial score (nSPS) is 11.0. The maximum Gasteiger partial charge on any atom is 0.182 e. The van der Waals surface area contributed by atoms with Crippen molar-refractivity contribution in [3.05, 3.63) is 44.4 Å². The number of nitrogens with two attached hydrogens (primary N) is 1. The fourth-order valence-electron chi connectivity index (χ4n) is 1.83. The number of fused-ring (bicyclic) bond motifs is 1. The number of halogens is 2. The lowest BCUT2D eigenvalue weighted by atomic mass is 10.1. The van der Waals surface area contributed by atoms with Crippen molar-refractivity contribution >= 4 is 55.1 Å². The van der Waals surface area contributed by atoms with Crippen LogP contribution in [0.5, 0.6) is 0 Å². The average molecular weight is 415 g/mol. The molecule has 2 N–H and O–H groups in total. The van der Waals surface area contributed by atoms with Crippen LogP contribution in [0.15, 0.2) is 45.4 Å². The standard InChI is InChI=1S/C13H8BrIN2O/c14-10-4-3-7-5-9(2-1-8(7)6-10)12-11(15)13(16)17-18-12/h1-6H,(H2,16,17). The van der Waals surface area contributed by atoms with E-state index in [0.29, 0.717) is 5.82 Å². The second-order valence-electron chi connectivity index (χ2n) is 3.92. The molecule has 0 aliphatic heterocycles. The summed E-state index contributed by atoms with van der Waals surface area (Å²) in [5.74, 6) is 1.15. The van der Waals surface area contributed by atoms with Gasteiger partial charge in [-0.15, -0.1) is 0 Å². The van der Waals surface area contributed by atoms with Gasteiger partial charge in [-0.25, -0.2) is 0 Å². The Balaban J connectivity index is 2.19. The number of nitrogens with zero attached hydrogens (tertiary/aromatic N) is 1. The zero-order valence-corrected chi connectivity index (χ0v) is 12.9. The van der Waals surface area contributed by atoms with E-state index in [1.807, 2.05) is 12.1 Å². The van der Waals surface area contributed by atoms with Crippen molar-refractivity contribution in [3.63, 3.8) is 0 Å². The summed E-state index contributed by atoms with van der Waals surface area (Å²) in [4.78, 5) is 0. The van der Waals surface area contributed by atoms with E-state index in [-0.39, 0.29) is 0 Å². The van der Waals surface area contributed by atoms with Crippen LogP contribution >= 0.6 is 38.5 Å². The fraction of sp³-hybridized carbons (Fsp3) is 0. The molecular formula is C13H8BrIN2O. The van der Waals surface area contributed by atoms with Gasteiger partial charge in [0.25, 0.3) is 0 Å². The van der Waals surface area contributed by atoms with Gasteiger partial charge in [0.2, 0.25) is 0 Å². The first-order chi connectivity index (χ1) is 8.65. The molecule has 0 saturated carbocycles. The van der Waals surface area contributed by atoms with Crippen molar-refractivity contribution in [1.29, 1.82) is 0 Å². The van der Waals surface area contributed by atoms with Crippen LogP contribution in [0.2, 0.25) is 0 Å². The van der Waals surface area contributed by atoms with Gasteiger partial charge in [0.15, 0.2) is 11.6 Å². The Kier molecular flexibility index (Phi) is 3.03. The fourth-order valence-corrected chi connectivity index (χ4v) is 2.72. The van der Waals surface area contributed by atoms with Gasteiger partial charge in [0, 0.05) is 10.0 Å². The Morgan fingerprint density at radius 3 is 2.56 bits per heavy atom. The van der Waals surface area contributed by atoms with Gasteiger partial charge in [-0.2, -0.15) is 0 Å². The minimum atomic E-state index is 0.432. The highest BCUT2D eigenvalue weighted by Crippen LogP contribution is 2.31. The molecule has 0 bridgehead atoms. The molecule has 90 valence electrons. The topological polar surface area (TPSA) is 52.0 Å². The lowest BCUT2D eigenvalue weighted by Gasteiger charge is -2.02. The predicted molar refractivity (Wildman–Crippen MR) is 84.3 cm³/mol. The van der Waals surface area contributed by atoms with Crippen molar-refractivity contribution in [2.75, 3.05) is 5.73 Å². The molecule has 0 unspecified atom stereocenters. The summed E-state index contributed by atoms with van der Waals surface area (Å²) < 4.78 is 7.18. The van der Waals surface area contributed by atoms with Crippen LogP contribution in [0.1, 0.15) is 0 Å². The second kappa shape index (κ2) is 4.55. The lowest BCUT2D eigenvalue weighted by Crippen LogP contribution is -1.86. The highest BCUT2D eigenvalue weighted by molar-refractivity contribution is 14.1. The van der Waals surface area contributed by atoms with E-state index in [0.717, 1.165) is 24.8 Å². The number of hydrogen-bond donors (Lipinski definition) is 1. The van der Waals surface area contributed by atoms with Crippen LogP contribution in [0.3, 0.4) is 0 Å². The minimum Gasteiger partial charge on any atom is -0.380 e. The summed E-state index contributed by atoms with van der Waals surface area (Å²) in [6, 6.07) is 12.3. The number of anilines is 1. The average Bonchev–Trinajstić information content (AvgIpc) is 2.69. The zero-order chi connectivity index (χ0) is 12.7. The molecule has 0 aliphatic rings. The molecule has 1 heterocycles. The van der Waals surface area contributed by atoms with Gasteiger partial charge in [-0.05, 0) is 51.6 Å². The molecule has 0 amide bonds. The van der Waals surface area contributed by atoms with Gasteiger partial charge in [0.05, 0.1) is 0 Å². The molecule has 0 saturated heterocycles. The summed E-state index contributed by atoms with van der Waals surface area (Å²) >= 11 is 5.61. The van der Waals surface area contributed by atoms with Crippen LogP contribution in [0.25, 0.3) is 22.1 Å². The molecule has 3 rings (SSSR count). The van der Waals surface area contributed by atoms with Gasteiger partial charge in [-0.1, -0.05) is 39.3 Å². The second-order valence-corrected chi connectivity index (χ2v) is 5.91. The van der Waals surface area contributed by atoms with Crippen LogP contribution < -0.4 is 5.73 Å². The molecule has 0 spiro atoms. The highest BCUT2D eigenvalue weighted by atomic mass is 127. The predicted octanol–water partition coefficient (Wildman–Crippen LogP) is 4.44. The lowest BCUT2D eigenvalue weighted by molar-refractivity contribution is 0.435. The Morgan fingerprint density at radius 2 is 1.83 bits per heavy atom. The molecular weight excluding hydrogens is 407 g/mol. The molecule has 0 fully saturated rings. The zero-order valence-electron chi connectivity index (χ0n) is 9.15. The number of aromatic nitrogens is 1. The van der Waals surface area contributed by atoms with Crippen LogP contribution in [0, 0.1) is 3.57 Å². The quantitative estimate of drug-likeness (QED) is 0.598. The molecule has 5 heteroatoms. The third kappa shape index (κ3) is 2.01. The first-order valence-corrected chi connectivity index (χ1v) is 7.12. The number of benzene rings is 2. The molecule has 3 aromatic rings. The maximum atomic E-state index is 5.69. The molecule has 18 heavy (non-hydrogen) atoms. The first-order valence-electron chi connectivity index (χ1n) is 5.25. The van der Waals surface area contributed by atoms with E-state index < -0.39 is 0 Å². The Bertz CT molecular complexity index is 739. The Hall–Kier alpha value is -1.08. The third-order valence-electron chi connectivity index (χ3n) is 2.72. The third-order valence-corrected chi connectivity index (χ3v) is 4.26. The summed E-state index contributed by atoms with van der Waals surface area (Å²) in [5, 5.41) is 6.11. The SMILES string of the molecule is Nc1noc(-c2ccc3cc(Br)ccc3c2)c1I. The Morgan fingerprint density at radius 1 is 1.11 bits per heavy atom. The molecule has 0 radical (unpaired) electrons. The summed E-state index contributed by atoms with van der Waals surface area (Å²) in [6.45, 7) is 0.